The predicted molar refractivity (Wildman–Crippen MR) is 91.8 cm³/mol. The van der Waals surface area contributed by atoms with Gasteiger partial charge in [0.05, 0.1) is 13.0 Å². The Hall–Kier alpha value is -2.88. The molecule has 0 aliphatic rings. The molecule has 116 valence electrons. The predicted octanol–water partition coefficient (Wildman–Crippen LogP) is 3.99. The van der Waals surface area contributed by atoms with Crippen LogP contribution < -0.4 is 10.1 Å². The van der Waals surface area contributed by atoms with Crippen LogP contribution in [0, 0.1) is 0 Å². The van der Waals surface area contributed by atoms with Gasteiger partial charge in [0.25, 0.3) is 0 Å². The highest BCUT2D eigenvalue weighted by atomic mass is 16.5. The molecule has 0 spiro atoms. The van der Waals surface area contributed by atoms with Crippen LogP contribution >= 0.6 is 0 Å². The SMILES string of the molecule is COc1ccc2c([C@@H](C)C(=O)Nc3ccncc3)cccc2c1. The van der Waals surface area contributed by atoms with E-state index in [4.69, 9.17) is 4.74 Å². The van der Waals surface area contributed by atoms with Crippen molar-refractivity contribution in [1.29, 1.82) is 0 Å². The minimum atomic E-state index is -0.264. The molecule has 0 aliphatic heterocycles. The molecule has 1 aromatic heterocycles. The summed E-state index contributed by atoms with van der Waals surface area (Å²) in [5.74, 6) is 0.503. The van der Waals surface area contributed by atoms with E-state index in [1.54, 1.807) is 31.6 Å². The van der Waals surface area contributed by atoms with Gasteiger partial charge >= 0.3 is 0 Å². The molecule has 1 heterocycles. The maximum Gasteiger partial charge on any atom is 0.231 e. The van der Waals surface area contributed by atoms with Gasteiger partial charge in [0.1, 0.15) is 5.75 Å². The normalized spacial score (nSPS) is 11.9. The van der Waals surface area contributed by atoms with Crippen molar-refractivity contribution in [3.8, 4) is 5.75 Å². The Morgan fingerprint density at radius 1 is 1.13 bits per heavy atom. The highest BCUT2D eigenvalue weighted by Crippen LogP contribution is 2.29. The molecule has 1 amide bonds. The number of hydrogen-bond acceptors (Lipinski definition) is 3. The summed E-state index contributed by atoms with van der Waals surface area (Å²) in [6.07, 6.45) is 3.31. The van der Waals surface area contributed by atoms with Crippen molar-refractivity contribution in [1.82, 2.24) is 4.98 Å². The molecule has 0 fully saturated rings. The van der Waals surface area contributed by atoms with Crippen LogP contribution in [0.15, 0.2) is 60.9 Å². The maximum atomic E-state index is 12.5. The van der Waals surface area contributed by atoms with E-state index in [0.29, 0.717) is 0 Å². The molecular formula is C19H18N2O2. The summed E-state index contributed by atoms with van der Waals surface area (Å²) in [5.41, 5.74) is 1.75. The van der Waals surface area contributed by atoms with E-state index in [1.165, 1.54) is 0 Å². The van der Waals surface area contributed by atoms with Crippen molar-refractivity contribution in [3.05, 3.63) is 66.5 Å². The van der Waals surface area contributed by atoms with E-state index >= 15 is 0 Å². The van der Waals surface area contributed by atoms with Gasteiger partial charge < -0.3 is 10.1 Å². The average Bonchev–Trinajstić information content (AvgIpc) is 2.60. The average molecular weight is 306 g/mol. The van der Waals surface area contributed by atoms with E-state index in [-0.39, 0.29) is 11.8 Å². The number of nitrogens with one attached hydrogen (secondary N) is 1. The Balaban J connectivity index is 1.91. The van der Waals surface area contributed by atoms with E-state index in [0.717, 1.165) is 27.8 Å². The number of rotatable bonds is 4. The summed E-state index contributed by atoms with van der Waals surface area (Å²) in [4.78, 5) is 16.5. The van der Waals surface area contributed by atoms with Crippen molar-refractivity contribution in [3.63, 3.8) is 0 Å². The molecule has 1 N–H and O–H groups in total. The second kappa shape index (κ2) is 6.48. The number of nitrogens with zero attached hydrogens (tertiary/aromatic N) is 1. The molecule has 3 rings (SSSR count). The largest absolute Gasteiger partial charge is 0.497 e. The fraction of sp³-hybridized carbons (Fsp3) is 0.158. The zero-order chi connectivity index (χ0) is 16.2. The van der Waals surface area contributed by atoms with Crippen LogP contribution in [0.1, 0.15) is 18.4 Å². The van der Waals surface area contributed by atoms with Crippen molar-refractivity contribution < 1.29 is 9.53 Å². The molecule has 4 heteroatoms. The summed E-state index contributed by atoms with van der Waals surface area (Å²) in [6.45, 7) is 1.91. The Morgan fingerprint density at radius 3 is 2.65 bits per heavy atom. The Kier molecular flexibility index (Phi) is 4.24. The van der Waals surface area contributed by atoms with E-state index in [9.17, 15) is 4.79 Å². The Labute approximate surface area is 135 Å². The zero-order valence-electron chi connectivity index (χ0n) is 13.1. The molecule has 0 unspecified atom stereocenters. The molecule has 23 heavy (non-hydrogen) atoms. The van der Waals surface area contributed by atoms with Gasteiger partial charge in [-0.2, -0.15) is 0 Å². The highest BCUT2D eigenvalue weighted by Gasteiger charge is 2.17. The van der Waals surface area contributed by atoms with E-state index in [1.807, 2.05) is 43.3 Å². The number of carbonyl (C=O) groups excluding carboxylic acids is 1. The van der Waals surface area contributed by atoms with Crippen LogP contribution in [0.5, 0.6) is 5.75 Å². The molecule has 2 aromatic carbocycles. The van der Waals surface area contributed by atoms with Crippen molar-refractivity contribution in [2.75, 3.05) is 12.4 Å². The first-order valence-corrected chi connectivity index (χ1v) is 7.46. The summed E-state index contributed by atoms with van der Waals surface area (Å²) in [6, 6.07) is 15.4. The molecule has 0 bridgehead atoms. The summed E-state index contributed by atoms with van der Waals surface area (Å²) >= 11 is 0. The number of benzene rings is 2. The number of amides is 1. The molecular weight excluding hydrogens is 288 g/mol. The fourth-order valence-electron chi connectivity index (χ4n) is 2.62. The number of fused-ring (bicyclic) bond motifs is 1. The topological polar surface area (TPSA) is 51.2 Å². The van der Waals surface area contributed by atoms with Crippen molar-refractivity contribution in [2.24, 2.45) is 0 Å². The van der Waals surface area contributed by atoms with Crippen LogP contribution in [-0.4, -0.2) is 18.0 Å². The molecule has 0 saturated heterocycles. The quantitative estimate of drug-likeness (QED) is 0.793. The van der Waals surface area contributed by atoms with Crippen LogP contribution in [-0.2, 0) is 4.79 Å². The van der Waals surface area contributed by atoms with Gasteiger partial charge in [0, 0.05) is 18.1 Å². The lowest BCUT2D eigenvalue weighted by atomic mass is 9.94. The van der Waals surface area contributed by atoms with E-state index < -0.39 is 0 Å². The van der Waals surface area contributed by atoms with Gasteiger partial charge in [-0.25, -0.2) is 0 Å². The number of ether oxygens (including phenoxy) is 1. The maximum absolute atomic E-state index is 12.5. The number of aromatic nitrogens is 1. The van der Waals surface area contributed by atoms with Gasteiger partial charge in [0.15, 0.2) is 0 Å². The third-order valence-electron chi connectivity index (χ3n) is 3.93. The van der Waals surface area contributed by atoms with E-state index in [2.05, 4.69) is 10.3 Å². The summed E-state index contributed by atoms with van der Waals surface area (Å²) < 4.78 is 5.26. The van der Waals surface area contributed by atoms with Crippen LogP contribution in [0.4, 0.5) is 5.69 Å². The van der Waals surface area contributed by atoms with Crippen molar-refractivity contribution in [2.45, 2.75) is 12.8 Å². The highest BCUT2D eigenvalue weighted by molar-refractivity contribution is 5.99. The third-order valence-corrected chi connectivity index (χ3v) is 3.93. The first-order valence-electron chi connectivity index (χ1n) is 7.46. The minimum Gasteiger partial charge on any atom is -0.497 e. The summed E-state index contributed by atoms with van der Waals surface area (Å²) in [5, 5.41) is 5.05. The molecule has 1 atom stereocenters. The van der Waals surface area contributed by atoms with Gasteiger partial charge in [-0.05, 0) is 47.5 Å². The molecule has 0 radical (unpaired) electrons. The number of methoxy groups -OCH3 is 1. The lowest BCUT2D eigenvalue weighted by molar-refractivity contribution is -0.117. The smallest absolute Gasteiger partial charge is 0.231 e. The van der Waals surface area contributed by atoms with Gasteiger partial charge in [-0.3, -0.25) is 9.78 Å². The standard InChI is InChI=1S/C19H18N2O2/c1-13(19(22)21-15-8-10-20-11-9-15)17-5-3-4-14-12-16(23-2)6-7-18(14)17/h3-13H,1-2H3,(H,20,21,22)/t13-/m1/s1. The molecule has 4 nitrogen and oxygen atoms in total. The minimum absolute atomic E-state index is 0.0421. The zero-order valence-corrected chi connectivity index (χ0v) is 13.1. The van der Waals surface area contributed by atoms with Gasteiger partial charge in [-0.1, -0.05) is 24.3 Å². The van der Waals surface area contributed by atoms with Crippen LogP contribution in [0.2, 0.25) is 0 Å². The van der Waals surface area contributed by atoms with Crippen molar-refractivity contribution >= 4 is 22.4 Å². The fourth-order valence-corrected chi connectivity index (χ4v) is 2.62. The lowest BCUT2D eigenvalue weighted by Crippen LogP contribution is -2.19. The molecule has 0 aliphatic carbocycles. The Morgan fingerprint density at radius 2 is 1.91 bits per heavy atom. The van der Waals surface area contributed by atoms with Crippen LogP contribution in [0.25, 0.3) is 10.8 Å². The number of carbonyl (C=O) groups is 1. The summed E-state index contributed by atoms with van der Waals surface area (Å²) in [7, 11) is 1.65. The second-order valence-electron chi connectivity index (χ2n) is 5.38. The first kappa shape index (κ1) is 15.0. The first-order chi connectivity index (χ1) is 11.2. The lowest BCUT2D eigenvalue weighted by Gasteiger charge is -2.15. The Bertz CT molecular complexity index is 831. The monoisotopic (exact) mass is 306 g/mol. The number of pyridine rings is 1. The van der Waals surface area contributed by atoms with Gasteiger partial charge in [0.2, 0.25) is 5.91 Å². The number of anilines is 1. The molecule has 0 saturated carbocycles. The van der Waals surface area contributed by atoms with Crippen LogP contribution in [0.3, 0.4) is 0 Å². The van der Waals surface area contributed by atoms with Gasteiger partial charge in [-0.15, -0.1) is 0 Å². The molecule has 3 aromatic rings. The number of hydrogen-bond donors (Lipinski definition) is 1. The second-order valence-corrected chi connectivity index (χ2v) is 5.38. The third kappa shape index (κ3) is 3.16.